The van der Waals surface area contributed by atoms with Crippen molar-refractivity contribution in [2.45, 2.75) is 6.92 Å². The zero-order valence-electron chi connectivity index (χ0n) is 12.8. The summed E-state index contributed by atoms with van der Waals surface area (Å²) in [7, 11) is 0. The van der Waals surface area contributed by atoms with Crippen LogP contribution in [0.1, 0.15) is 27.6 Å². The Balaban J connectivity index is 2.02. The maximum atomic E-state index is 13.6. The monoisotopic (exact) mass is 346 g/mol. The number of nitrogens with one attached hydrogen (secondary N) is 2. The Kier molecular flexibility index (Phi) is 5.97. The molecule has 0 aliphatic rings. The number of carbonyl (C=O) groups excluding carboxylic acids is 2. The van der Waals surface area contributed by atoms with Crippen LogP contribution in [0.2, 0.25) is 0 Å². The van der Waals surface area contributed by atoms with Crippen molar-refractivity contribution in [2.75, 3.05) is 11.9 Å². The van der Waals surface area contributed by atoms with Crippen molar-refractivity contribution in [3.63, 3.8) is 0 Å². The lowest BCUT2D eigenvalue weighted by Crippen LogP contribution is -2.34. The second-order valence-corrected chi connectivity index (χ2v) is 5.10. The number of benzene rings is 2. The Labute approximate surface area is 143 Å². The minimum Gasteiger partial charge on any atom is -0.462 e. The van der Waals surface area contributed by atoms with Gasteiger partial charge in [0.1, 0.15) is 5.82 Å². The third-order valence-corrected chi connectivity index (χ3v) is 3.18. The quantitative estimate of drug-likeness (QED) is 0.658. The molecule has 5 nitrogen and oxygen atoms in total. The normalized spacial score (nSPS) is 9.92. The fourth-order valence-electron chi connectivity index (χ4n) is 1.92. The van der Waals surface area contributed by atoms with E-state index in [1.54, 1.807) is 37.3 Å². The van der Waals surface area contributed by atoms with Crippen molar-refractivity contribution < 1.29 is 18.7 Å². The second kappa shape index (κ2) is 8.16. The molecular weight excluding hydrogens is 331 g/mol. The number of rotatable bonds is 4. The first-order chi connectivity index (χ1) is 11.5. The van der Waals surface area contributed by atoms with E-state index in [-0.39, 0.29) is 17.3 Å². The molecule has 0 aliphatic heterocycles. The summed E-state index contributed by atoms with van der Waals surface area (Å²) in [5.74, 6) is -1.75. The number of hydrogen-bond acceptors (Lipinski definition) is 4. The van der Waals surface area contributed by atoms with Crippen LogP contribution >= 0.6 is 12.2 Å². The minimum absolute atomic E-state index is 0.00994. The number of amides is 1. The number of halogens is 1. The molecule has 2 rings (SSSR count). The highest BCUT2D eigenvalue weighted by Crippen LogP contribution is 2.12. The van der Waals surface area contributed by atoms with Crippen LogP contribution in [-0.4, -0.2) is 23.6 Å². The average molecular weight is 346 g/mol. The standard InChI is InChI=1S/C17H15FN2O3S/c1-2-23-16(22)11-6-5-7-12(10-11)19-17(24)20-15(21)13-8-3-4-9-14(13)18/h3-10H,2H2,1H3,(H2,19,20,21,24). The van der Waals surface area contributed by atoms with Gasteiger partial charge in [0.15, 0.2) is 5.11 Å². The second-order valence-electron chi connectivity index (χ2n) is 4.69. The molecule has 0 bridgehead atoms. The molecule has 0 aromatic heterocycles. The average Bonchev–Trinajstić information content (AvgIpc) is 2.55. The van der Waals surface area contributed by atoms with Crippen LogP contribution in [0.3, 0.4) is 0 Å². The fourth-order valence-corrected chi connectivity index (χ4v) is 2.13. The zero-order valence-corrected chi connectivity index (χ0v) is 13.7. The van der Waals surface area contributed by atoms with Crippen molar-refractivity contribution in [3.8, 4) is 0 Å². The minimum atomic E-state index is -0.660. The van der Waals surface area contributed by atoms with Crippen molar-refractivity contribution in [3.05, 3.63) is 65.5 Å². The summed E-state index contributed by atoms with van der Waals surface area (Å²) >= 11 is 5.03. The molecule has 0 saturated heterocycles. The van der Waals surface area contributed by atoms with E-state index in [1.165, 1.54) is 18.2 Å². The van der Waals surface area contributed by atoms with Crippen LogP contribution in [0, 0.1) is 5.82 Å². The van der Waals surface area contributed by atoms with E-state index in [9.17, 15) is 14.0 Å². The molecule has 2 aromatic carbocycles. The molecular formula is C17H15FN2O3S. The van der Waals surface area contributed by atoms with Crippen LogP contribution in [0.15, 0.2) is 48.5 Å². The highest BCUT2D eigenvalue weighted by atomic mass is 32.1. The van der Waals surface area contributed by atoms with Gasteiger partial charge in [-0.15, -0.1) is 0 Å². The van der Waals surface area contributed by atoms with Gasteiger partial charge in [-0.1, -0.05) is 18.2 Å². The largest absolute Gasteiger partial charge is 0.462 e. The lowest BCUT2D eigenvalue weighted by Gasteiger charge is -2.11. The van der Waals surface area contributed by atoms with Crippen molar-refractivity contribution in [1.82, 2.24) is 5.32 Å². The fraction of sp³-hybridized carbons (Fsp3) is 0.118. The molecule has 0 fully saturated rings. The topological polar surface area (TPSA) is 67.4 Å². The highest BCUT2D eigenvalue weighted by Gasteiger charge is 2.13. The van der Waals surface area contributed by atoms with Crippen molar-refractivity contribution >= 4 is 34.9 Å². The molecule has 0 radical (unpaired) electrons. The van der Waals surface area contributed by atoms with Gasteiger partial charge in [0, 0.05) is 5.69 Å². The van der Waals surface area contributed by atoms with Gasteiger partial charge in [-0.3, -0.25) is 10.1 Å². The van der Waals surface area contributed by atoms with Gasteiger partial charge in [0.25, 0.3) is 5.91 Å². The number of ether oxygens (including phenoxy) is 1. The molecule has 2 N–H and O–H groups in total. The summed E-state index contributed by atoms with van der Waals surface area (Å²) in [6, 6.07) is 12.0. The van der Waals surface area contributed by atoms with Gasteiger partial charge in [-0.2, -0.15) is 0 Å². The molecule has 7 heteroatoms. The maximum absolute atomic E-state index is 13.6. The van der Waals surface area contributed by atoms with Crippen molar-refractivity contribution in [1.29, 1.82) is 0 Å². The van der Waals surface area contributed by atoms with E-state index in [0.717, 1.165) is 0 Å². The van der Waals surface area contributed by atoms with E-state index < -0.39 is 17.7 Å². The molecule has 0 unspecified atom stereocenters. The van der Waals surface area contributed by atoms with Crippen LogP contribution in [0.5, 0.6) is 0 Å². The van der Waals surface area contributed by atoms with E-state index in [1.807, 2.05) is 0 Å². The summed E-state index contributed by atoms with van der Waals surface area (Å²) in [4.78, 5) is 23.7. The van der Waals surface area contributed by atoms with Gasteiger partial charge in [0.05, 0.1) is 17.7 Å². The third kappa shape index (κ3) is 4.60. The summed E-state index contributed by atoms with van der Waals surface area (Å²) in [5, 5.41) is 5.14. The highest BCUT2D eigenvalue weighted by molar-refractivity contribution is 7.80. The van der Waals surface area contributed by atoms with Gasteiger partial charge in [-0.05, 0) is 49.5 Å². The SMILES string of the molecule is CCOC(=O)c1cccc(NC(=S)NC(=O)c2ccccc2F)c1. The predicted octanol–water partition coefficient (Wildman–Crippen LogP) is 3.13. The van der Waals surface area contributed by atoms with E-state index in [2.05, 4.69) is 10.6 Å². The Morgan fingerprint density at radius 2 is 1.92 bits per heavy atom. The molecule has 0 heterocycles. The molecule has 0 spiro atoms. The number of carbonyl (C=O) groups is 2. The van der Waals surface area contributed by atoms with Crippen LogP contribution in [0.4, 0.5) is 10.1 Å². The van der Waals surface area contributed by atoms with E-state index in [4.69, 9.17) is 17.0 Å². The molecule has 124 valence electrons. The van der Waals surface area contributed by atoms with Gasteiger partial charge in [-0.25, -0.2) is 9.18 Å². The molecule has 0 aliphatic carbocycles. The van der Waals surface area contributed by atoms with Crippen LogP contribution in [-0.2, 0) is 4.74 Å². The Hall–Kier alpha value is -2.80. The number of anilines is 1. The summed E-state index contributed by atoms with van der Waals surface area (Å²) < 4.78 is 18.5. The Bertz CT molecular complexity index is 780. The van der Waals surface area contributed by atoms with Gasteiger partial charge >= 0.3 is 5.97 Å². The Morgan fingerprint density at radius 3 is 2.62 bits per heavy atom. The lowest BCUT2D eigenvalue weighted by atomic mass is 10.2. The van der Waals surface area contributed by atoms with Gasteiger partial charge < -0.3 is 10.1 Å². The van der Waals surface area contributed by atoms with Crippen molar-refractivity contribution in [2.24, 2.45) is 0 Å². The summed E-state index contributed by atoms with van der Waals surface area (Å²) in [6.45, 7) is 1.99. The zero-order chi connectivity index (χ0) is 17.5. The maximum Gasteiger partial charge on any atom is 0.338 e. The van der Waals surface area contributed by atoms with E-state index in [0.29, 0.717) is 11.3 Å². The summed E-state index contributed by atoms with van der Waals surface area (Å²) in [6.07, 6.45) is 0. The van der Waals surface area contributed by atoms with Crippen LogP contribution in [0.25, 0.3) is 0 Å². The first-order valence-electron chi connectivity index (χ1n) is 7.15. The van der Waals surface area contributed by atoms with Gasteiger partial charge in [0.2, 0.25) is 0 Å². The Morgan fingerprint density at radius 1 is 1.17 bits per heavy atom. The molecule has 0 saturated carbocycles. The molecule has 0 atom stereocenters. The first-order valence-corrected chi connectivity index (χ1v) is 7.56. The molecule has 1 amide bonds. The first kappa shape index (κ1) is 17.6. The number of esters is 1. The van der Waals surface area contributed by atoms with Crippen LogP contribution < -0.4 is 10.6 Å². The molecule has 24 heavy (non-hydrogen) atoms. The molecule has 2 aromatic rings. The van der Waals surface area contributed by atoms with E-state index >= 15 is 0 Å². The third-order valence-electron chi connectivity index (χ3n) is 2.98. The summed E-state index contributed by atoms with van der Waals surface area (Å²) in [5.41, 5.74) is 0.742. The number of hydrogen-bond donors (Lipinski definition) is 2. The predicted molar refractivity (Wildman–Crippen MR) is 92.5 cm³/mol. The number of thiocarbonyl (C=S) groups is 1. The lowest BCUT2D eigenvalue weighted by molar-refractivity contribution is 0.0526. The smallest absolute Gasteiger partial charge is 0.338 e.